The van der Waals surface area contributed by atoms with Crippen LogP contribution in [0.3, 0.4) is 0 Å². The molecule has 2 aromatic rings. The van der Waals surface area contributed by atoms with Gasteiger partial charge in [-0.25, -0.2) is 4.68 Å². The molecule has 1 aromatic carbocycles. The lowest BCUT2D eigenvalue weighted by Crippen LogP contribution is -2.30. The summed E-state index contributed by atoms with van der Waals surface area (Å²) in [7, 11) is 0. The largest absolute Gasteiger partial charge is 0.486 e. The van der Waals surface area contributed by atoms with Crippen LogP contribution in [0.2, 0.25) is 0 Å². The number of amides is 1. The first-order chi connectivity index (χ1) is 11.4. The maximum Gasteiger partial charge on any atom is 0.226 e. The highest BCUT2D eigenvalue weighted by molar-refractivity contribution is 5.94. The topological polar surface area (TPSA) is 65.4 Å². The molecule has 0 saturated carbocycles. The molecule has 0 radical (unpaired) electrons. The van der Waals surface area contributed by atoms with Crippen LogP contribution in [0.4, 0.5) is 5.82 Å². The predicted molar refractivity (Wildman–Crippen MR) is 89.7 cm³/mol. The first kappa shape index (κ1) is 15.1. The molecule has 0 saturated heterocycles. The summed E-state index contributed by atoms with van der Waals surface area (Å²) in [6, 6.07) is 5.91. The van der Waals surface area contributed by atoms with Gasteiger partial charge in [0.1, 0.15) is 19.0 Å². The third-order valence-electron chi connectivity index (χ3n) is 4.42. The molecule has 1 N–H and O–H groups in total. The van der Waals surface area contributed by atoms with Crippen LogP contribution >= 0.6 is 0 Å². The van der Waals surface area contributed by atoms with Gasteiger partial charge in [0.2, 0.25) is 5.91 Å². The van der Waals surface area contributed by atoms with Crippen molar-refractivity contribution < 1.29 is 14.3 Å². The molecule has 1 aromatic heterocycles. The third-order valence-corrected chi connectivity index (χ3v) is 4.42. The zero-order valence-electron chi connectivity index (χ0n) is 14.1. The number of rotatable bonds is 1. The minimum absolute atomic E-state index is 0.00777. The first-order valence-corrected chi connectivity index (χ1v) is 8.21. The number of hydrogen-bond acceptors (Lipinski definition) is 4. The van der Waals surface area contributed by atoms with E-state index < -0.39 is 0 Å². The minimum atomic E-state index is -0.199. The average molecular weight is 327 g/mol. The van der Waals surface area contributed by atoms with Crippen LogP contribution in [-0.4, -0.2) is 28.9 Å². The van der Waals surface area contributed by atoms with Gasteiger partial charge in [-0.2, -0.15) is 5.10 Å². The van der Waals surface area contributed by atoms with Gasteiger partial charge in [-0.1, -0.05) is 6.07 Å². The number of benzene rings is 1. The fourth-order valence-electron chi connectivity index (χ4n) is 3.30. The van der Waals surface area contributed by atoms with Crippen LogP contribution in [0.15, 0.2) is 24.4 Å². The number of carbonyl (C=O) groups excluding carboxylic acids is 1. The van der Waals surface area contributed by atoms with Crippen LogP contribution in [0.5, 0.6) is 11.5 Å². The van der Waals surface area contributed by atoms with Crippen molar-refractivity contribution in [3.8, 4) is 11.5 Å². The lowest BCUT2D eigenvalue weighted by atomic mass is 9.87. The normalized spacial score (nSPS) is 19.6. The molecule has 0 aliphatic carbocycles. The summed E-state index contributed by atoms with van der Waals surface area (Å²) in [5, 5.41) is 7.50. The molecule has 4 rings (SSSR count). The maximum absolute atomic E-state index is 12.3. The van der Waals surface area contributed by atoms with E-state index in [4.69, 9.17) is 9.47 Å². The summed E-state index contributed by atoms with van der Waals surface area (Å²) in [6.07, 6.45) is 2.27. The number of ether oxygens (including phenoxy) is 2. The molecule has 1 atom stereocenters. The van der Waals surface area contributed by atoms with E-state index >= 15 is 0 Å². The zero-order chi connectivity index (χ0) is 16.9. The Bertz CT molecular complexity index is 804. The van der Waals surface area contributed by atoms with E-state index in [0.29, 0.717) is 19.6 Å². The summed E-state index contributed by atoms with van der Waals surface area (Å²) in [5.41, 5.74) is 1.89. The summed E-state index contributed by atoms with van der Waals surface area (Å²) < 4.78 is 13.1. The fourth-order valence-corrected chi connectivity index (χ4v) is 3.30. The second-order valence-corrected chi connectivity index (χ2v) is 7.24. The van der Waals surface area contributed by atoms with Gasteiger partial charge in [0.05, 0.1) is 11.7 Å². The minimum Gasteiger partial charge on any atom is -0.486 e. The van der Waals surface area contributed by atoms with Crippen LogP contribution in [-0.2, 0) is 10.3 Å². The Morgan fingerprint density at radius 3 is 2.71 bits per heavy atom. The van der Waals surface area contributed by atoms with Crippen molar-refractivity contribution in [3.05, 3.63) is 35.5 Å². The van der Waals surface area contributed by atoms with Crippen molar-refractivity contribution in [3.63, 3.8) is 0 Å². The van der Waals surface area contributed by atoms with Crippen molar-refractivity contribution in [1.29, 1.82) is 0 Å². The number of nitrogens with zero attached hydrogens (tertiary/aromatic N) is 2. The Balaban J connectivity index is 1.78. The van der Waals surface area contributed by atoms with E-state index in [1.54, 1.807) is 0 Å². The highest BCUT2D eigenvalue weighted by atomic mass is 16.6. The molecule has 24 heavy (non-hydrogen) atoms. The van der Waals surface area contributed by atoms with E-state index in [0.717, 1.165) is 28.4 Å². The van der Waals surface area contributed by atoms with Gasteiger partial charge in [0.15, 0.2) is 11.5 Å². The van der Waals surface area contributed by atoms with Crippen molar-refractivity contribution in [2.24, 2.45) is 0 Å². The Kier molecular flexibility index (Phi) is 3.30. The molecular weight excluding hydrogens is 306 g/mol. The van der Waals surface area contributed by atoms with Gasteiger partial charge in [0.25, 0.3) is 0 Å². The monoisotopic (exact) mass is 327 g/mol. The van der Waals surface area contributed by atoms with Gasteiger partial charge in [-0.05, 0) is 38.5 Å². The van der Waals surface area contributed by atoms with Crippen molar-refractivity contribution in [2.75, 3.05) is 18.5 Å². The van der Waals surface area contributed by atoms with E-state index in [2.05, 4.69) is 31.2 Å². The second-order valence-electron chi connectivity index (χ2n) is 7.24. The molecular formula is C18H21N3O3. The Morgan fingerprint density at radius 2 is 1.96 bits per heavy atom. The molecule has 2 aliphatic rings. The standard InChI is InChI=1S/C18H21N3O3/c1-18(2,3)21-17-13(10-19-21)12(9-16(22)20-17)11-4-5-14-15(8-11)24-7-6-23-14/h4-5,8,10,12H,6-7,9H2,1-3H3,(H,20,22). The number of aromatic nitrogens is 2. The number of nitrogens with one attached hydrogen (secondary N) is 1. The van der Waals surface area contributed by atoms with E-state index in [9.17, 15) is 4.79 Å². The molecule has 6 heteroatoms. The molecule has 3 heterocycles. The lowest BCUT2D eigenvalue weighted by Gasteiger charge is -2.28. The molecule has 0 spiro atoms. The Labute approximate surface area is 140 Å². The van der Waals surface area contributed by atoms with Gasteiger partial charge in [0, 0.05) is 17.9 Å². The number of fused-ring (bicyclic) bond motifs is 2. The molecule has 0 bridgehead atoms. The van der Waals surface area contributed by atoms with E-state index in [1.807, 2.05) is 29.1 Å². The van der Waals surface area contributed by atoms with Crippen LogP contribution < -0.4 is 14.8 Å². The predicted octanol–water partition coefficient (Wildman–Crippen LogP) is 2.88. The number of carbonyl (C=O) groups is 1. The molecule has 6 nitrogen and oxygen atoms in total. The first-order valence-electron chi connectivity index (χ1n) is 8.21. The molecule has 2 aliphatic heterocycles. The summed E-state index contributed by atoms with van der Waals surface area (Å²) >= 11 is 0. The van der Waals surface area contributed by atoms with Gasteiger partial charge < -0.3 is 14.8 Å². The molecule has 126 valence electrons. The number of anilines is 1. The Morgan fingerprint density at radius 1 is 1.21 bits per heavy atom. The lowest BCUT2D eigenvalue weighted by molar-refractivity contribution is -0.116. The SMILES string of the molecule is CC(C)(C)n1ncc2c1NC(=O)CC2c1ccc2c(c1)OCCO2. The van der Waals surface area contributed by atoms with Crippen LogP contribution in [0, 0.1) is 0 Å². The summed E-state index contributed by atoms with van der Waals surface area (Å²) in [6.45, 7) is 7.33. The van der Waals surface area contributed by atoms with Crippen LogP contribution in [0.25, 0.3) is 0 Å². The fraction of sp³-hybridized carbons (Fsp3) is 0.444. The van der Waals surface area contributed by atoms with Gasteiger partial charge >= 0.3 is 0 Å². The zero-order valence-corrected chi connectivity index (χ0v) is 14.1. The van der Waals surface area contributed by atoms with Crippen LogP contribution in [0.1, 0.15) is 44.2 Å². The van der Waals surface area contributed by atoms with E-state index in [1.165, 1.54) is 0 Å². The summed E-state index contributed by atoms with van der Waals surface area (Å²) in [5.74, 6) is 2.28. The maximum atomic E-state index is 12.3. The van der Waals surface area contributed by atoms with E-state index in [-0.39, 0.29) is 17.4 Å². The Hall–Kier alpha value is -2.50. The van der Waals surface area contributed by atoms with Gasteiger partial charge in [-0.3, -0.25) is 4.79 Å². The average Bonchev–Trinajstić information content (AvgIpc) is 2.97. The quantitative estimate of drug-likeness (QED) is 0.875. The third kappa shape index (κ3) is 2.42. The highest BCUT2D eigenvalue weighted by Crippen LogP contribution is 2.41. The molecule has 1 amide bonds. The highest BCUT2D eigenvalue weighted by Gasteiger charge is 2.33. The van der Waals surface area contributed by atoms with Crippen molar-refractivity contribution >= 4 is 11.7 Å². The van der Waals surface area contributed by atoms with Crippen molar-refractivity contribution in [2.45, 2.75) is 38.6 Å². The smallest absolute Gasteiger partial charge is 0.226 e. The van der Waals surface area contributed by atoms with Gasteiger partial charge in [-0.15, -0.1) is 0 Å². The van der Waals surface area contributed by atoms with Crippen molar-refractivity contribution in [1.82, 2.24) is 9.78 Å². The molecule has 1 unspecified atom stereocenters. The molecule has 0 fully saturated rings. The summed E-state index contributed by atoms with van der Waals surface area (Å²) in [4.78, 5) is 12.3. The second kappa shape index (κ2) is 5.26. The number of hydrogen-bond donors (Lipinski definition) is 1.